The summed E-state index contributed by atoms with van der Waals surface area (Å²) in [5.74, 6) is 0. The van der Waals surface area contributed by atoms with Gasteiger partial charge in [-0.2, -0.15) is 0 Å². The summed E-state index contributed by atoms with van der Waals surface area (Å²) >= 11 is 0. The van der Waals surface area contributed by atoms with E-state index in [1.165, 1.54) is 18.5 Å². The zero-order chi connectivity index (χ0) is 8.04. The predicted octanol–water partition coefficient (Wildman–Crippen LogP) is 3.61. The molecule has 0 spiro atoms. The molecule has 0 N–H and O–H groups in total. The van der Waals surface area contributed by atoms with Gasteiger partial charge in [0.05, 0.1) is 24.6 Å². The van der Waals surface area contributed by atoms with Gasteiger partial charge in [-0.15, -0.1) is 17.0 Å². The van der Waals surface area contributed by atoms with Crippen LogP contribution in [-0.4, -0.2) is 31.3 Å². The summed E-state index contributed by atoms with van der Waals surface area (Å²) in [6.07, 6.45) is 4.54. The Labute approximate surface area is 81.1 Å². The van der Waals surface area contributed by atoms with Gasteiger partial charge in [-0.1, -0.05) is 0 Å². The molecule has 0 rings (SSSR count). The standard InChI is InChI=1S/C8H19FP.BrH/c1-4-10(5-2,6-3)8-7-9;/h4-8H2,1-3H3;1H/q+1;. The Morgan fingerprint density at radius 1 is 1.00 bits per heavy atom. The first-order valence-electron chi connectivity index (χ1n) is 4.15. The van der Waals surface area contributed by atoms with Crippen LogP contribution in [0.5, 0.6) is 0 Å². The molecule has 0 aliphatic carbocycles. The molecule has 0 heterocycles. The van der Waals surface area contributed by atoms with Gasteiger partial charge in [-0.25, -0.2) is 4.39 Å². The minimum Gasteiger partial charge on any atom is -0.247 e. The fraction of sp³-hybridized carbons (Fsp3) is 1.00. The molecule has 0 aliphatic rings. The molecular formula is C8H20BrFP+. The molecule has 0 unspecified atom stereocenters. The molecule has 0 bridgehead atoms. The van der Waals surface area contributed by atoms with Gasteiger partial charge in [0.25, 0.3) is 0 Å². The van der Waals surface area contributed by atoms with Crippen molar-refractivity contribution in [2.45, 2.75) is 20.8 Å². The average Bonchev–Trinajstić information content (AvgIpc) is 2.01. The van der Waals surface area contributed by atoms with E-state index in [1.807, 2.05) is 0 Å². The van der Waals surface area contributed by atoms with E-state index >= 15 is 0 Å². The van der Waals surface area contributed by atoms with E-state index < -0.39 is 7.26 Å². The zero-order valence-corrected chi connectivity index (χ0v) is 10.4. The van der Waals surface area contributed by atoms with Gasteiger partial charge in [0.2, 0.25) is 0 Å². The second kappa shape index (κ2) is 7.49. The predicted molar refractivity (Wildman–Crippen MR) is 59.7 cm³/mol. The number of rotatable bonds is 5. The van der Waals surface area contributed by atoms with Crippen LogP contribution in [0.2, 0.25) is 0 Å². The molecule has 0 fully saturated rings. The van der Waals surface area contributed by atoms with Crippen molar-refractivity contribution >= 4 is 24.2 Å². The van der Waals surface area contributed by atoms with Gasteiger partial charge in [0, 0.05) is 7.26 Å². The Balaban J connectivity index is 0. The topological polar surface area (TPSA) is 0 Å². The van der Waals surface area contributed by atoms with Crippen molar-refractivity contribution in [1.29, 1.82) is 0 Å². The normalized spacial score (nSPS) is 10.9. The van der Waals surface area contributed by atoms with E-state index in [0.717, 1.165) is 6.16 Å². The van der Waals surface area contributed by atoms with Gasteiger partial charge in [0.15, 0.2) is 0 Å². The summed E-state index contributed by atoms with van der Waals surface area (Å²) in [5.41, 5.74) is 0. The van der Waals surface area contributed by atoms with Crippen LogP contribution in [0.25, 0.3) is 0 Å². The quantitative estimate of drug-likeness (QED) is 0.650. The Hall–Kier alpha value is 0.840. The summed E-state index contributed by atoms with van der Waals surface area (Å²) in [5, 5.41) is 0. The lowest BCUT2D eigenvalue weighted by Crippen LogP contribution is -2.08. The zero-order valence-electron chi connectivity index (χ0n) is 7.77. The van der Waals surface area contributed by atoms with Gasteiger partial charge >= 0.3 is 0 Å². The van der Waals surface area contributed by atoms with E-state index in [4.69, 9.17) is 0 Å². The van der Waals surface area contributed by atoms with Gasteiger partial charge < -0.3 is 0 Å². The third kappa shape index (κ3) is 4.42. The van der Waals surface area contributed by atoms with Crippen molar-refractivity contribution in [3.8, 4) is 0 Å². The number of hydrogen-bond donors (Lipinski definition) is 0. The number of halogens is 2. The van der Waals surface area contributed by atoms with Gasteiger partial charge in [0.1, 0.15) is 6.67 Å². The van der Waals surface area contributed by atoms with Crippen molar-refractivity contribution in [2.75, 3.05) is 31.3 Å². The van der Waals surface area contributed by atoms with Crippen molar-refractivity contribution in [3.63, 3.8) is 0 Å². The van der Waals surface area contributed by atoms with Crippen LogP contribution in [0.3, 0.4) is 0 Å². The first kappa shape index (κ1) is 14.4. The van der Waals surface area contributed by atoms with Crippen molar-refractivity contribution in [1.82, 2.24) is 0 Å². The molecule has 3 heteroatoms. The maximum absolute atomic E-state index is 12.1. The van der Waals surface area contributed by atoms with Gasteiger partial charge in [-0.05, 0) is 20.8 Å². The van der Waals surface area contributed by atoms with Crippen LogP contribution in [0.15, 0.2) is 0 Å². The molecule has 11 heavy (non-hydrogen) atoms. The first-order chi connectivity index (χ1) is 4.74. The van der Waals surface area contributed by atoms with Crippen LogP contribution in [0.4, 0.5) is 4.39 Å². The Kier molecular flexibility index (Phi) is 9.78. The van der Waals surface area contributed by atoms with E-state index in [2.05, 4.69) is 20.8 Å². The van der Waals surface area contributed by atoms with Crippen LogP contribution in [0.1, 0.15) is 20.8 Å². The smallest absolute Gasteiger partial charge is 0.123 e. The lowest BCUT2D eigenvalue weighted by molar-refractivity contribution is 0.529. The molecule has 0 aromatic rings. The molecule has 0 atom stereocenters. The molecule has 0 aliphatic heterocycles. The molecule has 0 aromatic heterocycles. The highest BCUT2D eigenvalue weighted by Gasteiger charge is 2.29. The van der Waals surface area contributed by atoms with E-state index in [1.54, 1.807) is 0 Å². The maximum atomic E-state index is 12.1. The van der Waals surface area contributed by atoms with Crippen LogP contribution in [-0.2, 0) is 0 Å². The Bertz CT molecular complexity index is 75.9. The molecule has 0 saturated heterocycles. The molecule has 0 aromatic carbocycles. The summed E-state index contributed by atoms with van der Waals surface area (Å²) in [6.45, 7) is 6.51. The fourth-order valence-electron chi connectivity index (χ4n) is 1.32. The summed E-state index contributed by atoms with van der Waals surface area (Å²) in [4.78, 5) is 0. The fourth-order valence-corrected chi connectivity index (χ4v) is 3.97. The van der Waals surface area contributed by atoms with Crippen molar-refractivity contribution in [3.05, 3.63) is 0 Å². The Morgan fingerprint density at radius 2 is 1.36 bits per heavy atom. The lowest BCUT2D eigenvalue weighted by atomic mass is 10.9. The second-order valence-corrected chi connectivity index (χ2v) is 7.73. The number of hydrogen-bond acceptors (Lipinski definition) is 0. The summed E-state index contributed by atoms with van der Waals surface area (Å²) in [7, 11) is -0.814. The van der Waals surface area contributed by atoms with E-state index in [9.17, 15) is 4.39 Å². The first-order valence-corrected chi connectivity index (χ1v) is 6.68. The van der Waals surface area contributed by atoms with Crippen LogP contribution in [0, 0.1) is 0 Å². The molecule has 0 nitrogen and oxygen atoms in total. The molecule has 0 radical (unpaired) electrons. The van der Waals surface area contributed by atoms with Gasteiger partial charge in [-0.3, -0.25) is 0 Å². The molecule has 70 valence electrons. The highest BCUT2D eigenvalue weighted by molar-refractivity contribution is 8.93. The summed E-state index contributed by atoms with van der Waals surface area (Å²) < 4.78 is 12.1. The third-order valence-electron chi connectivity index (χ3n) is 2.57. The van der Waals surface area contributed by atoms with Crippen molar-refractivity contribution < 1.29 is 4.39 Å². The van der Waals surface area contributed by atoms with Crippen LogP contribution >= 0.6 is 24.2 Å². The molecular weight excluding hydrogens is 226 g/mol. The highest BCUT2D eigenvalue weighted by atomic mass is 79.9. The Morgan fingerprint density at radius 3 is 1.45 bits per heavy atom. The number of alkyl halides is 1. The SMILES string of the molecule is Br.CC[P+](CC)(CC)CCF. The maximum Gasteiger partial charge on any atom is 0.123 e. The third-order valence-corrected chi connectivity index (χ3v) is 7.71. The highest BCUT2D eigenvalue weighted by Crippen LogP contribution is 2.57. The van der Waals surface area contributed by atoms with Crippen molar-refractivity contribution in [2.24, 2.45) is 0 Å². The molecule has 0 saturated carbocycles. The van der Waals surface area contributed by atoms with Crippen LogP contribution < -0.4 is 0 Å². The largest absolute Gasteiger partial charge is 0.247 e. The van der Waals surface area contributed by atoms with E-state index in [0.29, 0.717) is 0 Å². The second-order valence-electron chi connectivity index (χ2n) is 2.70. The van der Waals surface area contributed by atoms with E-state index in [-0.39, 0.29) is 23.7 Å². The average molecular weight is 246 g/mol. The minimum atomic E-state index is -0.814. The molecule has 0 amide bonds. The summed E-state index contributed by atoms with van der Waals surface area (Å²) in [6, 6.07) is 0. The lowest BCUT2D eigenvalue weighted by Gasteiger charge is -2.21. The minimum absolute atomic E-state index is 0. The monoisotopic (exact) mass is 245 g/mol.